The minimum atomic E-state index is -0.842. The summed E-state index contributed by atoms with van der Waals surface area (Å²) >= 11 is 0. The molecule has 0 aliphatic carbocycles. The number of likely N-dealkylation sites (tertiary alicyclic amines) is 1. The Bertz CT molecular complexity index is 585. The molecule has 2 saturated heterocycles. The molecule has 23 heavy (non-hydrogen) atoms. The molecule has 1 aromatic heterocycles. The number of amides is 1. The van der Waals surface area contributed by atoms with Crippen molar-refractivity contribution in [2.24, 2.45) is 5.92 Å². The molecule has 0 spiro atoms. The lowest BCUT2D eigenvalue weighted by Gasteiger charge is -2.32. The van der Waals surface area contributed by atoms with Crippen LogP contribution in [-0.2, 0) is 15.9 Å². The molecule has 2 aliphatic rings. The summed E-state index contributed by atoms with van der Waals surface area (Å²) in [6, 6.07) is 0. The highest BCUT2D eigenvalue weighted by molar-refractivity contribution is 6.61. The van der Waals surface area contributed by atoms with E-state index < -0.39 is 13.2 Å². The van der Waals surface area contributed by atoms with Crippen LogP contribution < -0.4 is 5.46 Å². The minimum absolute atomic E-state index is 0.303. The Kier molecular flexibility index (Phi) is 3.92. The number of hydrogen-bond donors (Lipinski definition) is 1. The van der Waals surface area contributed by atoms with Gasteiger partial charge in [-0.15, -0.1) is 0 Å². The molecule has 2 fully saturated rings. The molecule has 0 saturated carbocycles. The van der Waals surface area contributed by atoms with Gasteiger partial charge in [0.25, 0.3) is 0 Å². The summed E-state index contributed by atoms with van der Waals surface area (Å²) in [5.41, 5.74) is 0.164. The Labute approximate surface area is 136 Å². The van der Waals surface area contributed by atoms with E-state index in [4.69, 9.17) is 14.4 Å². The normalized spacial score (nSPS) is 26.0. The van der Waals surface area contributed by atoms with Crippen LogP contribution in [-0.4, -0.2) is 57.3 Å². The van der Waals surface area contributed by atoms with E-state index in [-0.39, 0.29) is 11.2 Å². The third-order valence-corrected chi connectivity index (χ3v) is 5.18. The van der Waals surface area contributed by atoms with Gasteiger partial charge in [0, 0.05) is 37.5 Å². The SMILES string of the molecule is CC1(C)OB(c2cnn(CC3CCN(C(=O)O)C3)c2)OC1(C)C. The number of carboxylic acid groups (broad SMARTS) is 1. The van der Waals surface area contributed by atoms with Crippen molar-refractivity contribution in [1.82, 2.24) is 14.7 Å². The quantitative estimate of drug-likeness (QED) is 0.846. The maximum atomic E-state index is 11.0. The van der Waals surface area contributed by atoms with Crippen LogP contribution >= 0.6 is 0 Å². The maximum absolute atomic E-state index is 11.0. The Hall–Kier alpha value is -1.54. The fourth-order valence-electron chi connectivity index (χ4n) is 3.00. The molecule has 1 amide bonds. The van der Waals surface area contributed by atoms with Gasteiger partial charge in [-0.1, -0.05) is 0 Å². The highest BCUT2D eigenvalue weighted by Gasteiger charge is 2.52. The van der Waals surface area contributed by atoms with Crippen LogP contribution in [0.2, 0.25) is 0 Å². The van der Waals surface area contributed by atoms with Crippen LogP contribution in [0.25, 0.3) is 0 Å². The van der Waals surface area contributed by atoms with Gasteiger partial charge < -0.3 is 19.3 Å². The Morgan fingerprint density at radius 1 is 1.39 bits per heavy atom. The van der Waals surface area contributed by atoms with Crippen molar-refractivity contribution in [3.8, 4) is 0 Å². The highest BCUT2D eigenvalue weighted by atomic mass is 16.7. The van der Waals surface area contributed by atoms with Gasteiger partial charge in [-0.25, -0.2) is 4.79 Å². The molecule has 1 atom stereocenters. The molecule has 0 bridgehead atoms. The summed E-state index contributed by atoms with van der Waals surface area (Å²) in [5, 5.41) is 13.4. The number of rotatable bonds is 3. The lowest BCUT2D eigenvalue weighted by atomic mass is 9.82. The fourth-order valence-corrected chi connectivity index (χ4v) is 3.00. The van der Waals surface area contributed by atoms with Gasteiger partial charge in [-0.3, -0.25) is 4.68 Å². The summed E-state index contributed by atoms with van der Waals surface area (Å²) in [5.74, 6) is 0.303. The van der Waals surface area contributed by atoms with Crippen LogP contribution in [0.5, 0.6) is 0 Å². The number of hydrogen-bond acceptors (Lipinski definition) is 4. The zero-order valence-electron chi connectivity index (χ0n) is 14.2. The standard InChI is InChI=1S/C15H24BN3O4/c1-14(2)15(3,4)23-16(22-14)12-7-17-19(10-12)9-11-5-6-18(8-11)13(20)21/h7,10-11H,5-6,8-9H2,1-4H3,(H,20,21). The molecule has 0 radical (unpaired) electrons. The van der Waals surface area contributed by atoms with E-state index in [0.717, 1.165) is 11.9 Å². The Balaban J connectivity index is 1.62. The third kappa shape index (κ3) is 3.10. The minimum Gasteiger partial charge on any atom is -0.465 e. The van der Waals surface area contributed by atoms with Gasteiger partial charge in [-0.05, 0) is 40.0 Å². The van der Waals surface area contributed by atoms with Crippen molar-refractivity contribution in [3.63, 3.8) is 0 Å². The number of nitrogens with zero attached hydrogens (tertiary/aromatic N) is 3. The van der Waals surface area contributed by atoms with Crippen LogP contribution in [0.3, 0.4) is 0 Å². The van der Waals surface area contributed by atoms with E-state index in [9.17, 15) is 4.79 Å². The lowest BCUT2D eigenvalue weighted by molar-refractivity contribution is 0.00578. The van der Waals surface area contributed by atoms with Crippen LogP contribution in [0, 0.1) is 5.92 Å². The second-order valence-corrected chi connectivity index (χ2v) is 7.47. The summed E-state index contributed by atoms with van der Waals surface area (Å²) in [4.78, 5) is 12.4. The monoisotopic (exact) mass is 321 g/mol. The van der Waals surface area contributed by atoms with Crippen molar-refractivity contribution in [2.45, 2.75) is 51.9 Å². The van der Waals surface area contributed by atoms with Crippen LogP contribution in [0.4, 0.5) is 4.79 Å². The summed E-state index contributed by atoms with van der Waals surface area (Å²) < 4.78 is 13.9. The second-order valence-electron chi connectivity index (χ2n) is 7.47. The van der Waals surface area contributed by atoms with Gasteiger partial charge in [0.15, 0.2) is 0 Å². The maximum Gasteiger partial charge on any atom is 0.498 e. The number of aromatic nitrogens is 2. The lowest BCUT2D eigenvalue weighted by Crippen LogP contribution is -2.41. The zero-order chi connectivity index (χ0) is 16.8. The van der Waals surface area contributed by atoms with Crippen molar-refractivity contribution in [1.29, 1.82) is 0 Å². The molecule has 1 N–H and O–H groups in total. The Morgan fingerprint density at radius 3 is 2.61 bits per heavy atom. The van der Waals surface area contributed by atoms with Crippen molar-refractivity contribution in [2.75, 3.05) is 13.1 Å². The van der Waals surface area contributed by atoms with Crippen molar-refractivity contribution >= 4 is 18.7 Å². The molecular formula is C15H24BN3O4. The molecule has 0 aromatic carbocycles. The molecule has 1 aromatic rings. The summed E-state index contributed by atoms with van der Waals surface area (Å²) in [6.07, 6.45) is 3.74. The highest BCUT2D eigenvalue weighted by Crippen LogP contribution is 2.36. The van der Waals surface area contributed by atoms with E-state index in [2.05, 4.69) is 5.10 Å². The topological polar surface area (TPSA) is 76.8 Å². The van der Waals surface area contributed by atoms with E-state index in [1.165, 1.54) is 4.90 Å². The van der Waals surface area contributed by atoms with Gasteiger partial charge in [0.05, 0.1) is 11.2 Å². The number of carbonyl (C=O) groups is 1. The van der Waals surface area contributed by atoms with Crippen LogP contribution in [0.1, 0.15) is 34.1 Å². The fraction of sp³-hybridized carbons (Fsp3) is 0.733. The first-order valence-corrected chi connectivity index (χ1v) is 8.04. The van der Waals surface area contributed by atoms with E-state index in [0.29, 0.717) is 25.6 Å². The Morgan fingerprint density at radius 2 is 2.04 bits per heavy atom. The first-order chi connectivity index (χ1) is 10.7. The molecule has 8 heteroatoms. The summed E-state index contributed by atoms with van der Waals surface area (Å²) in [7, 11) is -0.409. The molecule has 126 valence electrons. The van der Waals surface area contributed by atoms with Gasteiger partial charge in [-0.2, -0.15) is 5.10 Å². The van der Waals surface area contributed by atoms with Crippen LogP contribution in [0.15, 0.2) is 12.4 Å². The molecular weight excluding hydrogens is 297 g/mol. The first kappa shape index (κ1) is 16.3. The van der Waals surface area contributed by atoms with E-state index in [1.807, 2.05) is 38.6 Å². The molecule has 3 rings (SSSR count). The van der Waals surface area contributed by atoms with Gasteiger partial charge in [0.1, 0.15) is 0 Å². The molecule has 3 heterocycles. The average Bonchev–Trinajstić information content (AvgIpc) is 3.10. The molecule has 1 unspecified atom stereocenters. The van der Waals surface area contributed by atoms with Crippen molar-refractivity contribution < 1.29 is 19.2 Å². The molecule has 2 aliphatic heterocycles. The van der Waals surface area contributed by atoms with E-state index in [1.54, 1.807) is 6.20 Å². The predicted molar refractivity (Wildman–Crippen MR) is 85.6 cm³/mol. The van der Waals surface area contributed by atoms with Gasteiger partial charge >= 0.3 is 13.2 Å². The molecule has 7 nitrogen and oxygen atoms in total. The largest absolute Gasteiger partial charge is 0.498 e. The smallest absolute Gasteiger partial charge is 0.465 e. The van der Waals surface area contributed by atoms with E-state index >= 15 is 0 Å². The van der Waals surface area contributed by atoms with Gasteiger partial charge in [0.2, 0.25) is 0 Å². The van der Waals surface area contributed by atoms with Crippen molar-refractivity contribution in [3.05, 3.63) is 12.4 Å². The third-order valence-electron chi connectivity index (χ3n) is 5.18. The summed E-state index contributed by atoms with van der Waals surface area (Å²) in [6.45, 7) is 9.98. The zero-order valence-corrected chi connectivity index (χ0v) is 14.2. The second kappa shape index (κ2) is 5.52. The average molecular weight is 321 g/mol. The predicted octanol–water partition coefficient (Wildman–Crippen LogP) is 1.18. The first-order valence-electron chi connectivity index (χ1n) is 8.04.